The van der Waals surface area contributed by atoms with Crippen LogP contribution in [-0.2, 0) is 17.8 Å². The average molecular weight is 560 g/mol. The van der Waals surface area contributed by atoms with E-state index in [1.165, 1.54) is 6.07 Å². The Bertz CT molecular complexity index is 1470. The summed E-state index contributed by atoms with van der Waals surface area (Å²) in [5, 5.41) is 25.4. The van der Waals surface area contributed by atoms with Crippen LogP contribution >= 0.6 is 22.9 Å². The molecule has 0 bridgehead atoms. The van der Waals surface area contributed by atoms with Crippen LogP contribution in [0.3, 0.4) is 0 Å². The van der Waals surface area contributed by atoms with Crippen LogP contribution in [0.5, 0.6) is 0 Å². The minimum Gasteiger partial charge on any atom is -0.390 e. The molecule has 3 heterocycles. The first-order valence-corrected chi connectivity index (χ1v) is 13.0. The van der Waals surface area contributed by atoms with Crippen LogP contribution in [0.15, 0.2) is 42.5 Å². The minimum absolute atomic E-state index is 0.0105. The van der Waals surface area contributed by atoms with E-state index >= 15 is 0 Å². The number of amides is 2. The molecule has 1 aromatic carbocycles. The summed E-state index contributed by atoms with van der Waals surface area (Å²) in [5.74, 6) is -2.63. The van der Waals surface area contributed by atoms with E-state index in [0.717, 1.165) is 35.0 Å². The number of carbonyl (C=O) groups is 2. The van der Waals surface area contributed by atoms with E-state index in [9.17, 15) is 23.5 Å². The highest BCUT2D eigenvalue weighted by Crippen LogP contribution is 2.40. The van der Waals surface area contributed by atoms with Crippen LogP contribution in [0, 0.1) is 11.6 Å². The summed E-state index contributed by atoms with van der Waals surface area (Å²) in [5.41, 5.74) is 6.16. The van der Waals surface area contributed by atoms with Gasteiger partial charge in [0.15, 0.2) is 0 Å². The first kappa shape index (κ1) is 27.3. The van der Waals surface area contributed by atoms with Gasteiger partial charge in [-0.05, 0) is 59.9 Å². The quantitative estimate of drug-likeness (QED) is 0.192. The Labute approximate surface area is 224 Å². The number of aliphatic hydroxyl groups is 2. The van der Waals surface area contributed by atoms with E-state index in [2.05, 4.69) is 20.0 Å². The molecule has 0 aliphatic carbocycles. The molecule has 13 heteroatoms. The zero-order chi connectivity index (χ0) is 27.4. The fourth-order valence-corrected chi connectivity index (χ4v) is 5.39. The second kappa shape index (κ2) is 11.7. The maximum absolute atomic E-state index is 14.9. The number of benzene rings is 1. The normalized spacial score (nSPS) is 11.8. The fraction of sp³-hybridized carbons (Fsp3) is 0.200. The van der Waals surface area contributed by atoms with Crippen molar-refractivity contribution in [3.63, 3.8) is 0 Å². The number of hydrogen-bond acceptors (Lipinski definition) is 9. The molecule has 0 aliphatic rings. The number of nitrogens with zero attached hydrogens (tertiary/aromatic N) is 2. The number of anilines is 3. The molecule has 1 unspecified atom stereocenters. The average Bonchev–Trinajstić information content (AvgIpc) is 3.50. The second-order valence-corrected chi connectivity index (χ2v) is 10.1. The molecule has 198 valence electrons. The van der Waals surface area contributed by atoms with Crippen LogP contribution in [0.25, 0.3) is 10.4 Å². The SMILES string of the molecule is CCC(O)c1cc(F)c(-c2cc(C(N)=O)c(Nc3cccc(CC(=O)Nc4cc(CO)ns4)n3)s2)c(F)c1. The third-order valence-electron chi connectivity index (χ3n) is 5.45. The summed E-state index contributed by atoms with van der Waals surface area (Å²) in [6, 6.07) is 9.89. The Morgan fingerprint density at radius 3 is 2.50 bits per heavy atom. The maximum Gasteiger partial charge on any atom is 0.251 e. The van der Waals surface area contributed by atoms with Gasteiger partial charge in [0.25, 0.3) is 5.91 Å². The van der Waals surface area contributed by atoms with Gasteiger partial charge in [0.05, 0.1) is 41.6 Å². The molecule has 2 amide bonds. The number of thiophene rings is 1. The van der Waals surface area contributed by atoms with Crippen molar-refractivity contribution in [2.45, 2.75) is 32.5 Å². The van der Waals surface area contributed by atoms with Gasteiger partial charge in [-0.3, -0.25) is 9.59 Å². The van der Waals surface area contributed by atoms with E-state index in [1.54, 1.807) is 31.2 Å². The lowest BCUT2D eigenvalue weighted by Crippen LogP contribution is -2.15. The lowest BCUT2D eigenvalue weighted by atomic mass is 10.0. The summed E-state index contributed by atoms with van der Waals surface area (Å²) < 4.78 is 33.7. The highest BCUT2D eigenvalue weighted by Gasteiger charge is 2.22. The van der Waals surface area contributed by atoms with Crippen LogP contribution in [-0.4, -0.2) is 31.4 Å². The van der Waals surface area contributed by atoms with Crippen LogP contribution in [0.1, 0.15) is 46.8 Å². The number of aromatic nitrogens is 2. The van der Waals surface area contributed by atoms with Crippen molar-refractivity contribution in [2.24, 2.45) is 5.73 Å². The van der Waals surface area contributed by atoms with Gasteiger partial charge in [-0.25, -0.2) is 13.8 Å². The molecular weight excluding hydrogens is 536 g/mol. The number of primary amides is 1. The van der Waals surface area contributed by atoms with Crippen molar-refractivity contribution in [1.82, 2.24) is 9.36 Å². The molecule has 0 fully saturated rings. The van der Waals surface area contributed by atoms with Gasteiger partial charge in [-0.1, -0.05) is 13.0 Å². The summed E-state index contributed by atoms with van der Waals surface area (Å²) in [6.45, 7) is 1.46. The van der Waals surface area contributed by atoms with Gasteiger partial charge in [0.2, 0.25) is 5.91 Å². The van der Waals surface area contributed by atoms with Gasteiger partial charge in [0, 0.05) is 4.88 Å². The molecule has 0 aliphatic heterocycles. The smallest absolute Gasteiger partial charge is 0.251 e. The first-order valence-electron chi connectivity index (χ1n) is 11.4. The largest absolute Gasteiger partial charge is 0.390 e. The van der Waals surface area contributed by atoms with E-state index in [0.29, 0.717) is 22.8 Å². The molecule has 38 heavy (non-hydrogen) atoms. The molecule has 0 saturated heterocycles. The molecule has 1 atom stereocenters. The third kappa shape index (κ3) is 6.19. The van der Waals surface area contributed by atoms with Gasteiger partial charge in [-0.2, -0.15) is 4.37 Å². The van der Waals surface area contributed by atoms with Crippen molar-refractivity contribution < 1.29 is 28.6 Å². The standard InChI is InChI=1S/C25H23F2N5O4S2/c1-2-18(34)12-6-16(26)23(17(27)7-12)19-10-15(24(28)36)25(37-19)30-20-5-3-4-13(29-20)8-21(35)31-22-9-14(11-33)32-38-22/h3-7,9-10,18,33-34H,2,8,11H2,1H3,(H2,28,36)(H,29,30)(H,31,35). The highest BCUT2D eigenvalue weighted by atomic mass is 32.1. The van der Waals surface area contributed by atoms with Crippen LogP contribution in [0.2, 0.25) is 0 Å². The molecular formula is C25H23F2N5O4S2. The van der Waals surface area contributed by atoms with Crippen molar-refractivity contribution in [2.75, 3.05) is 10.6 Å². The summed E-state index contributed by atoms with van der Waals surface area (Å²) >= 11 is 1.96. The monoisotopic (exact) mass is 559 g/mol. The Hall–Kier alpha value is -3.78. The second-order valence-electron chi connectivity index (χ2n) is 8.21. The van der Waals surface area contributed by atoms with Gasteiger partial charge in [-0.15, -0.1) is 11.3 Å². The summed E-state index contributed by atoms with van der Waals surface area (Å²) in [7, 11) is 0. The van der Waals surface area contributed by atoms with Crippen molar-refractivity contribution in [1.29, 1.82) is 0 Å². The minimum atomic E-state index is -1.00. The van der Waals surface area contributed by atoms with Gasteiger partial charge >= 0.3 is 0 Å². The molecule has 4 aromatic rings. The molecule has 6 N–H and O–H groups in total. The maximum atomic E-state index is 14.9. The van der Waals surface area contributed by atoms with E-state index < -0.39 is 23.6 Å². The number of nitrogens with two attached hydrogens (primary N) is 1. The van der Waals surface area contributed by atoms with Gasteiger partial charge in [0.1, 0.15) is 27.5 Å². The molecule has 0 saturated carbocycles. The fourth-order valence-electron chi connectivity index (χ4n) is 3.60. The Morgan fingerprint density at radius 2 is 1.87 bits per heavy atom. The number of rotatable bonds is 10. The molecule has 3 aromatic heterocycles. The number of carbonyl (C=O) groups excluding carboxylic acids is 2. The predicted molar refractivity (Wildman–Crippen MR) is 141 cm³/mol. The Balaban J connectivity index is 1.56. The van der Waals surface area contributed by atoms with Gasteiger partial charge < -0.3 is 26.6 Å². The summed E-state index contributed by atoms with van der Waals surface area (Å²) in [4.78, 5) is 29.0. The predicted octanol–water partition coefficient (Wildman–Crippen LogP) is 4.50. The zero-order valence-corrected chi connectivity index (χ0v) is 21.6. The first-order chi connectivity index (χ1) is 18.2. The number of hydrogen-bond donors (Lipinski definition) is 5. The number of nitrogens with one attached hydrogen (secondary N) is 2. The lowest BCUT2D eigenvalue weighted by molar-refractivity contribution is -0.115. The number of aliphatic hydroxyl groups excluding tert-OH is 2. The molecule has 0 spiro atoms. The van der Waals surface area contributed by atoms with E-state index in [-0.39, 0.29) is 51.3 Å². The van der Waals surface area contributed by atoms with E-state index in [1.807, 2.05) is 0 Å². The van der Waals surface area contributed by atoms with Crippen LogP contribution in [0.4, 0.5) is 24.6 Å². The topological polar surface area (TPSA) is 150 Å². The Morgan fingerprint density at radius 1 is 1.13 bits per heavy atom. The third-order valence-corrected chi connectivity index (χ3v) is 7.26. The van der Waals surface area contributed by atoms with E-state index in [4.69, 9.17) is 10.8 Å². The number of halogens is 2. The molecule has 4 rings (SSSR count). The summed E-state index contributed by atoms with van der Waals surface area (Å²) in [6.07, 6.45) is -0.775. The van der Waals surface area contributed by atoms with Crippen molar-refractivity contribution >= 4 is 50.5 Å². The Kier molecular flexibility index (Phi) is 8.42. The number of pyridine rings is 1. The van der Waals surface area contributed by atoms with Crippen molar-refractivity contribution in [3.8, 4) is 10.4 Å². The highest BCUT2D eigenvalue weighted by molar-refractivity contribution is 7.20. The molecule has 0 radical (unpaired) electrons. The van der Waals surface area contributed by atoms with Crippen molar-refractivity contribution in [3.05, 3.63) is 76.6 Å². The van der Waals surface area contributed by atoms with Crippen LogP contribution < -0.4 is 16.4 Å². The zero-order valence-electron chi connectivity index (χ0n) is 20.0. The lowest BCUT2D eigenvalue weighted by Gasteiger charge is -2.11. The molecule has 9 nitrogen and oxygen atoms in total.